The number of benzene rings is 1. The van der Waals surface area contributed by atoms with Crippen molar-refractivity contribution in [1.29, 1.82) is 0 Å². The SMILES string of the molecule is CCCn1cc(N)c(-c2cc(F)ccc2F)n1. The minimum atomic E-state index is -0.528. The normalized spacial score (nSPS) is 10.8. The molecule has 0 radical (unpaired) electrons. The molecule has 0 aliphatic rings. The van der Waals surface area contributed by atoms with E-state index in [0.29, 0.717) is 12.2 Å². The van der Waals surface area contributed by atoms with Crippen molar-refractivity contribution in [3.8, 4) is 11.3 Å². The number of nitrogen functional groups attached to an aromatic ring is 1. The molecule has 2 rings (SSSR count). The van der Waals surface area contributed by atoms with Gasteiger partial charge >= 0.3 is 0 Å². The van der Waals surface area contributed by atoms with E-state index in [0.717, 1.165) is 24.6 Å². The van der Waals surface area contributed by atoms with E-state index in [9.17, 15) is 8.78 Å². The van der Waals surface area contributed by atoms with Crippen molar-refractivity contribution in [2.45, 2.75) is 19.9 Å². The molecule has 5 heteroatoms. The second-order valence-corrected chi connectivity index (χ2v) is 3.82. The number of hydrogen-bond donors (Lipinski definition) is 1. The Balaban J connectivity index is 2.48. The lowest BCUT2D eigenvalue weighted by Crippen LogP contribution is -1.97. The molecule has 3 nitrogen and oxygen atoms in total. The van der Waals surface area contributed by atoms with Crippen LogP contribution in [-0.2, 0) is 6.54 Å². The molecule has 0 unspecified atom stereocenters. The summed E-state index contributed by atoms with van der Waals surface area (Å²) in [5.41, 5.74) is 6.48. The summed E-state index contributed by atoms with van der Waals surface area (Å²) in [7, 11) is 0. The van der Waals surface area contributed by atoms with Crippen LogP contribution in [0.1, 0.15) is 13.3 Å². The maximum atomic E-state index is 13.6. The van der Waals surface area contributed by atoms with Gasteiger partial charge in [0.2, 0.25) is 0 Å². The first kappa shape index (κ1) is 11.6. The van der Waals surface area contributed by atoms with Gasteiger partial charge < -0.3 is 5.73 Å². The first-order valence-electron chi connectivity index (χ1n) is 5.40. The highest BCUT2D eigenvalue weighted by Gasteiger charge is 2.13. The van der Waals surface area contributed by atoms with Gasteiger partial charge in [-0.25, -0.2) is 8.78 Å². The van der Waals surface area contributed by atoms with Gasteiger partial charge in [0.25, 0.3) is 0 Å². The highest BCUT2D eigenvalue weighted by molar-refractivity contribution is 5.72. The molecule has 1 aromatic heterocycles. The van der Waals surface area contributed by atoms with Gasteiger partial charge in [-0.1, -0.05) is 6.92 Å². The Kier molecular flexibility index (Phi) is 3.08. The Hall–Kier alpha value is -1.91. The average molecular weight is 237 g/mol. The van der Waals surface area contributed by atoms with Crippen LogP contribution < -0.4 is 5.73 Å². The minimum absolute atomic E-state index is 0.0948. The maximum Gasteiger partial charge on any atom is 0.132 e. The summed E-state index contributed by atoms with van der Waals surface area (Å²) in [6.45, 7) is 2.70. The van der Waals surface area contributed by atoms with Crippen LogP contribution in [-0.4, -0.2) is 9.78 Å². The summed E-state index contributed by atoms with van der Waals surface area (Å²) in [5.74, 6) is -1.04. The Labute approximate surface area is 97.9 Å². The predicted octanol–water partition coefficient (Wildman–Crippen LogP) is 2.82. The van der Waals surface area contributed by atoms with E-state index >= 15 is 0 Å². The van der Waals surface area contributed by atoms with E-state index in [1.54, 1.807) is 10.9 Å². The molecule has 0 fully saturated rings. The van der Waals surface area contributed by atoms with Crippen LogP contribution in [0.5, 0.6) is 0 Å². The van der Waals surface area contributed by atoms with Crippen LogP contribution in [0.4, 0.5) is 14.5 Å². The van der Waals surface area contributed by atoms with Gasteiger partial charge in [-0.3, -0.25) is 4.68 Å². The van der Waals surface area contributed by atoms with Crippen molar-refractivity contribution in [1.82, 2.24) is 9.78 Å². The van der Waals surface area contributed by atoms with Crippen LogP contribution >= 0.6 is 0 Å². The Bertz CT molecular complexity index is 535. The van der Waals surface area contributed by atoms with Crippen molar-refractivity contribution in [3.63, 3.8) is 0 Å². The van der Waals surface area contributed by atoms with Gasteiger partial charge in [0.05, 0.1) is 5.69 Å². The first-order chi connectivity index (χ1) is 8.11. The summed E-state index contributed by atoms with van der Waals surface area (Å²) in [6.07, 6.45) is 2.52. The summed E-state index contributed by atoms with van der Waals surface area (Å²) in [4.78, 5) is 0. The quantitative estimate of drug-likeness (QED) is 0.892. The second kappa shape index (κ2) is 4.53. The molecule has 2 N–H and O–H groups in total. The number of anilines is 1. The molecular weight excluding hydrogens is 224 g/mol. The zero-order valence-corrected chi connectivity index (χ0v) is 9.45. The zero-order valence-electron chi connectivity index (χ0n) is 9.45. The van der Waals surface area contributed by atoms with Gasteiger partial charge in [-0.2, -0.15) is 5.10 Å². The fourth-order valence-electron chi connectivity index (χ4n) is 1.67. The number of aryl methyl sites for hydroxylation is 1. The third-order valence-corrected chi connectivity index (χ3v) is 2.43. The zero-order chi connectivity index (χ0) is 12.4. The molecular formula is C12H13F2N3. The summed E-state index contributed by atoms with van der Waals surface area (Å²) in [5, 5.41) is 4.16. The Morgan fingerprint density at radius 2 is 2.12 bits per heavy atom. The highest BCUT2D eigenvalue weighted by atomic mass is 19.1. The smallest absolute Gasteiger partial charge is 0.132 e. The molecule has 1 heterocycles. The predicted molar refractivity (Wildman–Crippen MR) is 62.3 cm³/mol. The molecule has 0 aliphatic heterocycles. The lowest BCUT2D eigenvalue weighted by Gasteiger charge is -2.01. The lowest BCUT2D eigenvalue weighted by atomic mass is 10.1. The third-order valence-electron chi connectivity index (χ3n) is 2.43. The number of nitrogens with zero attached hydrogens (tertiary/aromatic N) is 2. The molecule has 17 heavy (non-hydrogen) atoms. The molecule has 90 valence electrons. The first-order valence-corrected chi connectivity index (χ1v) is 5.40. The molecule has 0 bridgehead atoms. The van der Waals surface area contributed by atoms with E-state index in [2.05, 4.69) is 5.10 Å². The molecule has 0 atom stereocenters. The highest BCUT2D eigenvalue weighted by Crippen LogP contribution is 2.27. The number of nitrogens with two attached hydrogens (primary N) is 1. The molecule has 0 saturated heterocycles. The molecule has 2 aromatic rings. The van der Waals surface area contributed by atoms with E-state index in [1.165, 1.54) is 0 Å². The van der Waals surface area contributed by atoms with Crippen LogP contribution in [0, 0.1) is 11.6 Å². The average Bonchev–Trinajstić information content (AvgIpc) is 2.64. The lowest BCUT2D eigenvalue weighted by molar-refractivity contribution is 0.594. The van der Waals surface area contributed by atoms with E-state index in [4.69, 9.17) is 5.73 Å². The number of aromatic nitrogens is 2. The molecule has 1 aromatic carbocycles. The summed E-state index contributed by atoms with van der Waals surface area (Å²) in [6, 6.07) is 3.24. The van der Waals surface area contributed by atoms with Crippen molar-refractivity contribution in [2.24, 2.45) is 0 Å². The summed E-state index contributed by atoms with van der Waals surface area (Å²) >= 11 is 0. The van der Waals surface area contributed by atoms with E-state index in [1.807, 2.05) is 6.92 Å². The van der Waals surface area contributed by atoms with Crippen LogP contribution in [0.15, 0.2) is 24.4 Å². The van der Waals surface area contributed by atoms with Crippen LogP contribution in [0.25, 0.3) is 11.3 Å². The summed E-state index contributed by atoms with van der Waals surface area (Å²) < 4.78 is 28.3. The van der Waals surface area contributed by atoms with Crippen molar-refractivity contribution >= 4 is 5.69 Å². The van der Waals surface area contributed by atoms with E-state index in [-0.39, 0.29) is 11.3 Å². The minimum Gasteiger partial charge on any atom is -0.396 e. The van der Waals surface area contributed by atoms with Crippen molar-refractivity contribution in [2.75, 3.05) is 5.73 Å². The van der Waals surface area contributed by atoms with Gasteiger partial charge in [0.1, 0.15) is 17.3 Å². The molecule has 0 saturated carbocycles. The van der Waals surface area contributed by atoms with Crippen LogP contribution in [0.2, 0.25) is 0 Å². The third kappa shape index (κ3) is 2.27. The molecule has 0 aliphatic carbocycles. The monoisotopic (exact) mass is 237 g/mol. The fourth-order valence-corrected chi connectivity index (χ4v) is 1.67. The largest absolute Gasteiger partial charge is 0.396 e. The van der Waals surface area contributed by atoms with E-state index < -0.39 is 11.6 Å². The van der Waals surface area contributed by atoms with Gasteiger partial charge in [-0.05, 0) is 24.6 Å². The number of rotatable bonds is 3. The van der Waals surface area contributed by atoms with Gasteiger partial charge in [0.15, 0.2) is 0 Å². The van der Waals surface area contributed by atoms with Gasteiger partial charge in [-0.15, -0.1) is 0 Å². The van der Waals surface area contributed by atoms with Crippen molar-refractivity contribution in [3.05, 3.63) is 36.0 Å². The Morgan fingerprint density at radius 3 is 2.82 bits per heavy atom. The van der Waals surface area contributed by atoms with Crippen molar-refractivity contribution < 1.29 is 8.78 Å². The fraction of sp³-hybridized carbons (Fsp3) is 0.250. The topological polar surface area (TPSA) is 43.8 Å². The number of halogens is 2. The molecule has 0 amide bonds. The number of hydrogen-bond acceptors (Lipinski definition) is 2. The van der Waals surface area contributed by atoms with Crippen LogP contribution in [0.3, 0.4) is 0 Å². The molecule has 0 spiro atoms. The Morgan fingerprint density at radius 1 is 1.35 bits per heavy atom. The van der Waals surface area contributed by atoms with Gasteiger partial charge in [0, 0.05) is 18.3 Å². The standard InChI is InChI=1S/C12H13F2N3/c1-2-5-17-7-11(15)12(16-17)9-6-8(13)3-4-10(9)14/h3-4,6-7H,2,5,15H2,1H3. The maximum absolute atomic E-state index is 13.6. The second-order valence-electron chi connectivity index (χ2n) is 3.82.